The molecule has 150 valence electrons. The minimum atomic E-state index is -0.285. The average Bonchev–Trinajstić information content (AvgIpc) is 3.40. The van der Waals surface area contributed by atoms with E-state index < -0.39 is 0 Å². The van der Waals surface area contributed by atoms with Crippen LogP contribution in [0.1, 0.15) is 83.0 Å². The summed E-state index contributed by atoms with van der Waals surface area (Å²) in [6, 6.07) is 0.410. The van der Waals surface area contributed by atoms with Gasteiger partial charge in [-0.2, -0.15) is 0 Å². The number of amides is 1. The molecule has 1 aliphatic heterocycles. The summed E-state index contributed by atoms with van der Waals surface area (Å²) >= 11 is 0. The maximum Gasteiger partial charge on any atom is 0.228 e. The Morgan fingerprint density at radius 2 is 1.78 bits per heavy atom. The smallest absolute Gasteiger partial charge is 0.228 e. The Morgan fingerprint density at radius 1 is 1.07 bits per heavy atom. The summed E-state index contributed by atoms with van der Waals surface area (Å²) in [6.07, 6.45) is 11.4. The summed E-state index contributed by atoms with van der Waals surface area (Å²) in [4.78, 5) is 17.7. The highest BCUT2D eigenvalue weighted by Gasteiger charge is 2.50. The first-order valence-corrected chi connectivity index (χ1v) is 10.7. The first-order valence-electron chi connectivity index (χ1n) is 10.7. The zero-order valence-corrected chi connectivity index (χ0v) is 17.2. The molecule has 0 radical (unpaired) electrons. The van der Waals surface area contributed by atoms with Crippen LogP contribution in [-0.4, -0.2) is 63.1 Å². The molecule has 2 saturated carbocycles. The van der Waals surface area contributed by atoms with E-state index in [9.17, 15) is 4.79 Å². The van der Waals surface area contributed by atoms with Gasteiger partial charge in [0.25, 0.3) is 0 Å². The van der Waals surface area contributed by atoms with E-state index in [4.69, 9.17) is 0 Å². The number of likely N-dealkylation sites (N-methyl/N-ethyl adjacent to an activating group) is 1. The summed E-state index contributed by atoms with van der Waals surface area (Å²) in [5.41, 5.74) is -0.467. The third-order valence-electron chi connectivity index (χ3n) is 7.44. The molecule has 1 aromatic heterocycles. The second kappa shape index (κ2) is 7.15. The van der Waals surface area contributed by atoms with Gasteiger partial charge < -0.3 is 4.90 Å². The van der Waals surface area contributed by atoms with Crippen molar-refractivity contribution in [1.29, 1.82) is 0 Å². The summed E-state index contributed by atoms with van der Waals surface area (Å²) < 4.78 is 2.07. The molecule has 0 spiro atoms. The highest BCUT2D eigenvalue weighted by atomic mass is 16.2. The molecule has 0 bridgehead atoms. The van der Waals surface area contributed by atoms with E-state index in [0.29, 0.717) is 18.5 Å². The Hall–Kier alpha value is -1.50. The number of rotatable bonds is 4. The molecule has 27 heavy (non-hydrogen) atoms. The number of likely N-dealkylation sites (tertiary alicyclic amines) is 1. The van der Waals surface area contributed by atoms with E-state index in [0.717, 1.165) is 44.5 Å². The molecule has 7 nitrogen and oxygen atoms in total. The van der Waals surface area contributed by atoms with Gasteiger partial charge in [-0.25, -0.2) is 4.68 Å². The second-order valence-electron chi connectivity index (χ2n) is 9.41. The first kappa shape index (κ1) is 18.8. The second-order valence-corrected chi connectivity index (χ2v) is 9.41. The van der Waals surface area contributed by atoms with E-state index in [1.807, 2.05) is 0 Å². The van der Waals surface area contributed by atoms with Gasteiger partial charge in [-0.05, 0) is 56.6 Å². The quantitative estimate of drug-likeness (QED) is 0.811. The summed E-state index contributed by atoms with van der Waals surface area (Å²) in [6.45, 7) is 3.67. The third kappa shape index (κ3) is 3.18. The molecule has 1 amide bonds. The van der Waals surface area contributed by atoms with Crippen LogP contribution in [0.5, 0.6) is 0 Å². The maximum absolute atomic E-state index is 13.4. The van der Waals surface area contributed by atoms with E-state index in [2.05, 4.69) is 51.0 Å². The van der Waals surface area contributed by atoms with Crippen molar-refractivity contribution in [1.82, 2.24) is 30.0 Å². The molecule has 0 aromatic carbocycles. The number of aromatic nitrogens is 4. The number of nitrogens with zero attached hydrogens (tertiary/aromatic N) is 6. The Morgan fingerprint density at radius 3 is 2.44 bits per heavy atom. The molecular weight excluding hydrogens is 340 g/mol. The fraction of sp³-hybridized carbons (Fsp3) is 0.900. The van der Waals surface area contributed by atoms with Gasteiger partial charge in [0.1, 0.15) is 5.54 Å². The molecule has 1 saturated heterocycles. The van der Waals surface area contributed by atoms with Crippen molar-refractivity contribution in [3.63, 3.8) is 0 Å². The lowest BCUT2D eigenvalue weighted by molar-refractivity contribution is -0.142. The standard InChI is InChI=1S/C20H34N6O/c1-19(11-7-4-8-12-19)18(27)25-14-13-20(15-25,24(2)3)17-21-22-23-26(17)16-9-5-6-10-16/h16H,4-15H2,1-3H3. The van der Waals surface area contributed by atoms with Crippen molar-refractivity contribution in [2.75, 3.05) is 27.2 Å². The monoisotopic (exact) mass is 374 g/mol. The third-order valence-corrected chi connectivity index (χ3v) is 7.44. The Labute approximate surface area is 162 Å². The number of hydrogen-bond acceptors (Lipinski definition) is 5. The zero-order chi connectivity index (χ0) is 19.1. The SMILES string of the molecule is CN(C)C1(c2nnnn2C2CCCC2)CCN(C(=O)C2(C)CCCCC2)C1. The van der Waals surface area contributed by atoms with Crippen LogP contribution < -0.4 is 0 Å². The van der Waals surface area contributed by atoms with Crippen LogP contribution in [0.15, 0.2) is 0 Å². The molecule has 4 rings (SSSR count). The molecule has 0 N–H and O–H groups in total. The predicted octanol–water partition coefficient (Wildman–Crippen LogP) is 2.75. The van der Waals surface area contributed by atoms with Crippen molar-refractivity contribution in [2.45, 2.75) is 82.7 Å². The number of carbonyl (C=O) groups is 1. The van der Waals surface area contributed by atoms with E-state index >= 15 is 0 Å². The van der Waals surface area contributed by atoms with Gasteiger partial charge in [0.15, 0.2) is 5.82 Å². The van der Waals surface area contributed by atoms with Crippen molar-refractivity contribution in [2.24, 2.45) is 5.41 Å². The van der Waals surface area contributed by atoms with Gasteiger partial charge in [-0.15, -0.1) is 5.10 Å². The number of tetrazole rings is 1. The van der Waals surface area contributed by atoms with Crippen LogP contribution in [0.4, 0.5) is 0 Å². The van der Waals surface area contributed by atoms with Crippen LogP contribution in [0.3, 0.4) is 0 Å². The lowest BCUT2D eigenvalue weighted by atomic mass is 9.74. The molecular formula is C20H34N6O. The van der Waals surface area contributed by atoms with Crippen molar-refractivity contribution in [3.05, 3.63) is 5.82 Å². The van der Waals surface area contributed by atoms with Gasteiger partial charge >= 0.3 is 0 Å². The number of hydrogen-bond donors (Lipinski definition) is 0. The molecule has 3 fully saturated rings. The molecule has 1 unspecified atom stereocenters. The van der Waals surface area contributed by atoms with Gasteiger partial charge in [0.2, 0.25) is 5.91 Å². The molecule has 2 heterocycles. The minimum Gasteiger partial charge on any atom is -0.340 e. The maximum atomic E-state index is 13.4. The zero-order valence-electron chi connectivity index (χ0n) is 17.2. The minimum absolute atomic E-state index is 0.183. The Kier molecular flexibility index (Phi) is 4.99. The lowest BCUT2D eigenvalue weighted by Gasteiger charge is -2.38. The van der Waals surface area contributed by atoms with Gasteiger partial charge in [-0.1, -0.05) is 39.0 Å². The molecule has 2 aliphatic carbocycles. The summed E-state index contributed by atoms with van der Waals surface area (Å²) in [5, 5.41) is 12.9. The fourth-order valence-electron chi connectivity index (χ4n) is 5.54. The van der Waals surface area contributed by atoms with Crippen molar-refractivity contribution < 1.29 is 4.79 Å². The van der Waals surface area contributed by atoms with E-state index in [1.54, 1.807) is 0 Å². The van der Waals surface area contributed by atoms with Crippen LogP contribution >= 0.6 is 0 Å². The van der Waals surface area contributed by atoms with E-state index in [-0.39, 0.29) is 11.0 Å². The highest BCUT2D eigenvalue weighted by molar-refractivity contribution is 5.83. The molecule has 3 aliphatic rings. The van der Waals surface area contributed by atoms with Gasteiger partial charge in [-0.3, -0.25) is 9.69 Å². The fourth-order valence-corrected chi connectivity index (χ4v) is 5.54. The molecule has 7 heteroatoms. The number of carbonyl (C=O) groups excluding carboxylic acids is 1. The largest absolute Gasteiger partial charge is 0.340 e. The summed E-state index contributed by atoms with van der Waals surface area (Å²) in [5.74, 6) is 1.29. The van der Waals surface area contributed by atoms with Crippen LogP contribution in [0.25, 0.3) is 0 Å². The van der Waals surface area contributed by atoms with Crippen molar-refractivity contribution >= 4 is 5.91 Å². The first-order chi connectivity index (χ1) is 13.0. The lowest BCUT2D eigenvalue weighted by Crippen LogP contribution is -2.49. The van der Waals surface area contributed by atoms with Crippen LogP contribution in [0.2, 0.25) is 0 Å². The van der Waals surface area contributed by atoms with Crippen LogP contribution in [-0.2, 0) is 10.3 Å². The predicted molar refractivity (Wildman–Crippen MR) is 103 cm³/mol. The van der Waals surface area contributed by atoms with Gasteiger partial charge in [0, 0.05) is 18.5 Å². The van der Waals surface area contributed by atoms with Crippen molar-refractivity contribution in [3.8, 4) is 0 Å². The average molecular weight is 375 g/mol. The molecule has 1 aromatic rings. The normalized spacial score (nSPS) is 29.0. The molecule has 1 atom stereocenters. The van der Waals surface area contributed by atoms with Gasteiger partial charge in [0.05, 0.1) is 6.04 Å². The topological polar surface area (TPSA) is 67.2 Å². The Balaban J connectivity index is 1.59. The van der Waals surface area contributed by atoms with E-state index in [1.165, 1.54) is 32.1 Å². The highest BCUT2D eigenvalue weighted by Crippen LogP contribution is 2.42. The Bertz CT molecular complexity index is 674. The summed E-state index contributed by atoms with van der Waals surface area (Å²) in [7, 11) is 4.20. The van der Waals surface area contributed by atoms with Crippen LogP contribution in [0, 0.1) is 5.41 Å².